The Hall–Kier alpha value is -0.740. The highest BCUT2D eigenvalue weighted by molar-refractivity contribution is 9.10. The van der Waals surface area contributed by atoms with E-state index in [2.05, 4.69) is 47.2 Å². The van der Waals surface area contributed by atoms with E-state index in [1.54, 1.807) is 0 Å². The summed E-state index contributed by atoms with van der Waals surface area (Å²) in [6, 6.07) is 4.29. The molecular formula is C15H20BrNO2. The van der Waals surface area contributed by atoms with E-state index in [0.717, 1.165) is 28.9 Å². The summed E-state index contributed by atoms with van der Waals surface area (Å²) < 4.78 is 11.9. The minimum atomic E-state index is 0.229. The Labute approximate surface area is 122 Å². The molecule has 1 aromatic rings. The fourth-order valence-electron chi connectivity index (χ4n) is 3.16. The van der Waals surface area contributed by atoms with Gasteiger partial charge in [0, 0.05) is 5.54 Å². The van der Waals surface area contributed by atoms with Gasteiger partial charge in [-0.3, -0.25) is 0 Å². The normalized spacial score (nSPS) is 25.3. The molecule has 1 N–H and O–H groups in total. The Bertz CT molecular complexity index is 481. The summed E-state index contributed by atoms with van der Waals surface area (Å²) >= 11 is 3.58. The number of hydrogen-bond acceptors (Lipinski definition) is 3. The fourth-order valence-corrected chi connectivity index (χ4v) is 3.77. The van der Waals surface area contributed by atoms with E-state index in [4.69, 9.17) is 9.47 Å². The fraction of sp³-hybridized carbons (Fsp3) is 0.600. The smallest absolute Gasteiger partial charge is 0.231 e. The van der Waals surface area contributed by atoms with E-state index < -0.39 is 0 Å². The first-order valence-corrected chi connectivity index (χ1v) is 7.73. The van der Waals surface area contributed by atoms with Crippen molar-refractivity contribution in [1.82, 2.24) is 5.32 Å². The molecule has 1 unspecified atom stereocenters. The molecule has 3 nitrogen and oxygen atoms in total. The van der Waals surface area contributed by atoms with Crippen LogP contribution in [0.3, 0.4) is 0 Å². The van der Waals surface area contributed by atoms with E-state index in [1.165, 1.54) is 18.4 Å². The number of ether oxygens (including phenoxy) is 2. The third-order valence-corrected chi connectivity index (χ3v) is 4.98. The summed E-state index contributed by atoms with van der Waals surface area (Å²) in [6.45, 7) is 6.07. The molecule has 2 heterocycles. The molecular weight excluding hydrogens is 306 g/mol. The van der Waals surface area contributed by atoms with Crippen LogP contribution in [-0.4, -0.2) is 18.9 Å². The van der Waals surface area contributed by atoms with Crippen molar-refractivity contribution in [1.29, 1.82) is 0 Å². The van der Waals surface area contributed by atoms with Crippen LogP contribution in [0.1, 0.15) is 32.3 Å². The molecule has 0 aromatic heterocycles. The Balaban J connectivity index is 1.89. The maximum Gasteiger partial charge on any atom is 0.231 e. The highest BCUT2D eigenvalue weighted by Crippen LogP contribution is 2.41. The quantitative estimate of drug-likeness (QED) is 0.922. The lowest BCUT2D eigenvalue weighted by Gasteiger charge is -2.34. The van der Waals surface area contributed by atoms with Crippen LogP contribution in [0, 0.1) is 5.92 Å². The number of hydrogen-bond donors (Lipinski definition) is 1. The van der Waals surface area contributed by atoms with Gasteiger partial charge in [0.15, 0.2) is 11.5 Å². The second-order valence-corrected chi connectivity index (χ2v) is 6.68. The van der Waals surface area contributed by atoms with Gasteiger partial charge in [0.1, 0.15) is 0 Å². The van der Waals surface area contributed by atoms with E-state index in [0.29, 0.717) is 12.7 Å². The predicted octanol–water partition coefficient (Wildman–Crippen LogP) is 3.50. The van der Waals surface area contributed by atoms with Crippen molar-refractivity contribution in [2.24, 2.45) is 5.92 Å². The van der Waals surface area contributed by atoms with Crippen LogP contribution in [-0.2, 0) is 6.42 Å². The van der Waals surface area contributed by atoms with Crippen LogP contribution in [0.15, 0.2) is 16.6 Å². The lowest BCUT2D eigenvalue weighted by Crippen LogP contribution is -2.46. The average Bonchev–Trinajstić information content (AvgIpc) is 2.98. The zero-order valence-electron chi connectivity index (χ0n) is 11.5. The van der Waals surface area contributed by atoms with Crippen molar-refractivity contribution in [2.45, 2.75) is 38.6 Å². The molecule has 19 heavy (non-hydrogen) atoms. The molecule has 3 rings (SSSR count). The first-order chi connectivity index (χ1) is 9.11. The Morgan fingerprint density at radius 2 is 2.21 bits per heavy atom. The van der Waals surface area contributed by atoms with E-state index in [-0.39, 0.29) is 5.54 Å². The maximum absolute atomic E-state index is 5.51. The Morgan fingerprint density at radius 3 is 2.89 bits per heavy atom. The van der Waals surface area contributed by atoms with E-state index in [1.807, 2.05) is 0 Å². The van der Waals surface area contributed by atoms with Crippen LogP contribution in [0.5, 0.6) is 11.5 Å². The molecule has 0 amide bonds. The molecule has 2 aliphatic rings. The Kier molecular flexibility index (Phi) is 3.48. The van der Waals surface area contributed by atoms with Crippen molar-refractivity contribution < 1.29 is 9.47 Å². The summed E-state index contributed by atoms with van der Waals surface area (Å²) in [7, 11) is 0. The zero-order chi connectivity index (χ0) is 13.5. The lowest BCUT2D eigenvalue weighted by atomic mass is 9.80. The van der Waals surface area contributed by atoms with Gasteiger partial charge >= 0.3 is 0 Å². The number of halogens is 1. The van der Waals surface area contributed by atoms with Gasteiger partial charge in [-0.2, -0.15) is 0 Å². The van der Waals surface area contributed by atoms with Crippen LogP contribution in [0.2, 0.25) is 0 Å². The minimum Gasteiger partial charge on any atom is -0.454 e. The maximum atomic E-state index is 5.51. The predicted molar refractivity (Wildman–Crippen MR) is 78.8 cm³/mol. The SMILES string of the molecule is CC(C)C1(Cc2cc(Br)c3c(c2)OCO3)CCCN1. The highest BCUT2D eigenvalue weighted by atomic mass is 79.9. The van der Waals surface area contributed by atoms with Crippen LogP contribution in [0.25, 0.3) is 0 Å². The van der Waals surface area contributed by atoms with Gasteiger partial charge in [-0.15, -0.1) is 0 Å². The second-order valence-electron chi connectivity index (χ2n) is 5.83. The van der Waals surface area contributed by atoms with Gasteiger partial charge in [-0.25, -0.2) is 0 Å². The van der Waals surface area contributed by atoms with Crippen molar-refractivity contribution in [2.75, 3.05) is 13.3 Å². The molecule has 1 aromatic carbocycles. The van der Waals surface area contributed by atoms with Crippen molar-refractivity contribution in [3.63, 3.8) is 0 Å². The molecule has 4 heteroatoms. The second kappa shape index (κ2) is 4.98. The molecule has 0 aliphatic carbocycles. The largest absolute Gasteiger partial charge is 0.454 e. The van der Waals surface area contributed by atoms with Crippen molar-refractivity contribution >= 4 is 15.9 Å². The molecule has 2 aliphatic heterocycles. The van der Waals surface area contributed by atoms with Gasteiger partial charge < -0.3 is 14.8 Å². The summed E-state index contributed by atoms with van der Waals surface area (Å²) in [4.78, 5) is 0. The highest BCUT2D eigenvalue weighted by Gasteiger charge is 2.37. The minimum absolute atomic E-state index is 0.229. The average molecular weight is 326 g/mol. The number of nitrogens with one attached hydrogen (secondary N) is 1. The summed E-state index contributed by atoms with van der Waals surface area (Å²) in [6.07, 6.45) is 3.56. The number of benzene rings is 1. The number of fused-ring (bicyclic) bond motifs is 1. The third kappa shape index (κ3) is 2.36. The number of rotatable bonds is 3. The lowest BCUT2D eigenvalue weighted by molar-refractivity contribution is 0.173. The molecule has 1 atom stereocenters. The summed E-state index contributed by atoms with van der Waals surface area (Å²) in [5, 5.41) is 3.72. The Morgan fingerprint density at radius 1 is 1.37 bits per heavy atom. The molecule has 0 saturated carbocycles. The van der Waals surface area contributed by atoms with E-state index >= 15 is 0 Å². The molecule has 104 valence electrons. The van der Waals surface area contributed by atoms with Gasteiger partial charge in [0.05, 0.1) is 4.47 Å². The van der Waals surface area contributed by atoms with Crippen LogP contribution in [0.4, 0.5) is 0 Å². The monoisotopic (exact) mass is 325 g/mol. The van der Waals surface area contributed by atoms with Gasteiger partial charge in [-0.1, -0.05) is 13.8 Å². The molecule has 0 bridgehead atoms. The summed E-state index contributed by atoms with van der Waals surface area (Å²) in [5.41, 5.74) is 1.53. The standard InChI is InChI=1S/C15H20BrNO2/c1-10(2)15(4-3-5-17-15)8-11-6-12(16)14-13(7-11)18-9-19-14/h6-7,10,17H,3-5,8-9H2,1-2H3. The van der Waals surface area contributed by atoms with Gasteiger partial charge in [-0.05, 0) is 65.4 Å². The topological polar surface area (TPSA) is 30.5 Å². The third-order valence-electron chi connectivity index (χ3n) is 4.39. The zero-order valence-corrected chi connectivity index (χ0v) is 13.0. The van der Waals surface area contributed by atoms with Crippen LogP contribution < -0.4 is 14.8 Å². The molecule has 1 fully saturated rings. The van der Waals surface area contributed by atoms with E-state index in [9.17, 15) is 0 Å². The van der Waals surface area contributed by atoms with Crippen LogP contribution >= 0.6 is 15.9 Å². The molecule has 0 spiro atoms. The van der Waals surface area contributed by atoms with Gasteiger partial charge in [0.2, 0.25) is 6.79 Å². The summed E-state index contributed by atoms with van der Waals surface area (Å²) in [5.74, 6) is 2.32. The first-order valence-electron chi connectivity index (χ1n) is 6.94. The molecule has 1 saturated heterocycles. The molecule has 0 radical (unpaired) electrons. The van der Waals surface area contributed by atoms with Crippen molar-refractivity contribution in [3.8, 4) is 11.5 Å². The first kappa shape index (κ1) is 13.3. The van der Waals surface area contributed by atoms with Gasteiger partial charge in [0.25, 0.3) is 0 Å². The van der Waals surface area contributed by atoms with Crippen molar-refractivity contribution in [3.05, 3.63) is 22.2 Å².